The topological polar surface area (TPSA) is 67.0 Å². The number of amides is 1. The number of benzene rings is 2. The number of ether oxygens (including phenoxy) is 1. The summed E-state index contributed by atoms with van der Waals surface area (Å²) >= 11 is 1.59. The lowest BCUT2D eigenvalue weighted by atomic mass is 10.1. The van der Waals surface area contributed by atoms with Crippen LogP contribution in [0.2, 0.25) is 0 Å². The molecule has 0 atom stereocenters. The van der Waals surface area contributed by atoms with Gasteiger partial charge in [0, 0.05) is 12.3 Å². The predicted octanol–water partition coefficient (Wildman–Crippen LogP) is 3.93. The lowest BCUT2D eigenvalue weighted by molar-refractivity contribution is -0.120. The van der Waals surface area contributed by atoms with Crippen LogP contribution in [0, 0.1) is 0 Å². The Morgan fingerprint density at radius 3 is 2.67 bits per heavy atom. The Morgan fingerprint density at radius 2 is 1.93 bits per heavy atom. The zero-order valence-corrected chi connectivity index (χ0v) is 16.1. The maximum atomic E-state index is 12.0. The summed E-state index contributed by atoms with van der Waals surface area (Å²) in [6, 6.07) is 17.7. The Morgan fingerprint density at radius 1 is 1.15 bits per heavy atom. The fourth-order valence-corrected chi connectivity index (χ4v) is 3.30. The first-order chi connectivity index (χ1) is 13.2. The minimum Gasteiger partial charge on any atom is -0.494 e. The van der Waals surface area contributed by atoms with E-state index in [1.807, 2.05) is 67.7 Å². The summed E-state index contributed by atoms with van der Waals surface area (Å²) in [7, 11) is 0. The van der Waals surface area contributed by atoms with Crippen molar-refractivity contribution in [1.82, 2.24) is 15.3 Å². The SMILES string of the molecule is CCOc1ccc(CC(=O)NCCSc2ncc(-c3ccccc3)[nH]2)cc1. The number of rotatable bonds is 9. The van der Waals surface area contributed by atoms with E-state index < -0.39 is 0 Å². The fourth-order valence-electron chi connectivity index (χ4n) is 2.60. The Balaban J connectivity index is 1.38. The van der Waals surface area contributed by atoms with Crippen LogP contribution in [0.1, 0.15) is 12.5 Å². The molecule has 27 heavy (non-hydrogen) atoms. The summed E-state index contributed by atoms with van der Waals surface area (Å²) in [5.41, 5.74) is 3.08. The third-order valence-corrected chi connectivity index (χ3v) is 4.79. The van der Waals surface area contributed by atoms with Gasteiger partial charge in [-0.1, -0.05) is 54.2 Å². The maximum absolute atomic E-state index is 12.0. The van der Waals surface area contributed by atoms with Crippen LogP contribution < -0.4 is 10.1 Å². The van der Waals surface area contributed by atoms with Crippen molar-refractivity contribution in [3.05, 3.63) is 66.4 Å². The Labute approximate surface area is 163 Å². The summed E-state index contributed by atoms with van der Waals surface area (Å²) in [5.74, 6) is 1.60. The van der Waals surface area contributed by atoms with Gasteiger partial charge in [-0.25, -0.2) is 4.98 Å². The highest BCUT2D eigenvalue weighted by atomic mass is 32.2. The second kappa shape index (κ2) is 9.83. The summed E-state index contributed by atoms with van der Waals surface area (Å²) in [4.78, 5) is 19.7. The molecule has 0 aliphatic heterocycles. The first kappa shape index (κ1) is 19.0. The largest absolute Gasteiger partial charge is 0.494 e. The highest BCUT2D eigenvalue weighted by Gasteiger charge is 2.06. The van der Waals surface area contributed by atoms with Crippen LogP contribution in [0.4, 0.5) is 0 Å². The van der Waals surface area contributed by atoms with Crippen LogP contribution in [0.3, 0.4) is 0 Å². The molecular formula is C21H23N3O2S. The number of H-pyrrole nitrogens is 1. The van der Waals surface area contributed by atoms with Gasteiger partial charge in [0.2, 0.25) is 5.91 Å². The standard InChI is InChI=1S/C21H23N3O2S/c1-2-26-18-10-8-16(9-11-18)14-20(25)22-12-13-27-21-23-15-19(24-21)17-6-4-3-5-7-17/h3-11,15H,2,12-14H2,1H3,(H,22,25)(H,23,24). The zero-order valence-electron chi connectivity index (χ0n) is 15.3. The molecule has 2 aromatic carbocycles. The highest BCUT2D eigenvalue weighted by molar-refractivity contribution is 7.99. The van der Waals surface area contributed by atoms with Gasteiger partial charge in [-0.2, -0.15) is 0 Å². The fraction of sp³-hybridized carbons (Fsp3) is 0.238. The van der Waals surface area contributed by atoms with Gasteiger partial charge in [-0.15, -0.1) is 0 Å². The van der Waals surface area contributed by atoms with Crippen LogP contribution >= 0.6 is 11.8 Å². The molecule has 0 saturated heterocycles. The van der Waals surface area contributed by atoms with Crippen molar-refractivity contribution in [1.29, 1.82) is 0 Å². The van der Waals surface area contributed by atoms with Crippen molar-refractivity contribution in [3.8, 4) is 17.0 Å². The molecule has 2 N–H and O–H groups in total. The summed E-state index contributed by atoms with van der Waals surface area (Å²) in [6.45, 7) is 3.19. The van der Waals surface area contributed by atoms with E-state index in [2.05, 4.69) is 15.3 Å². The molecule has 0 aliphatic rings. The molecule has 140 valence electrons. The minimum atomic E-state index is 0.0178. The number of carbonyl (C=O) groups is 1. The van der Waals surface area contributed by atoms with Crippen molar-refractivity contribution in [3.63, 3.8) is 0 Å². The van der Waals surface area contributed by atoms with Gasteiger partial charge in [-0.3, -0.25) is 4.79 Å². The van der Waals surface area contributed by atoms with E-state index in [4.69, 9.17) is 4.74 Å². The van der Waals surface area contributed by atoms with E-state index in [0.29, 0.717) is 19.6 Å². The molecule has 1 heterocycles. The third kappa shape index (κ3) is 5.89. The molecule has 3 aromatic rings. The molecule has 0 radical (unpaired) electrons. The second-order valence-corrected chi connectivity index (χ2v) is 7.00. The molecule has 1 aromatic heterocycles. The van der Waals surface area contributed by atoms with Gasteiger partial charge in [0.1, 0.15) is 5.75 Å². The van der Waals surface area contributed by atoms with E-state index in [0.717, 1.165) is 33.5 Å². The van der Waals surface area contributed by atoms with E-state index in [1.54, 1.807) is 11.8 Å². The normalized spacial score (nSPS) is 10.6. The highest BCUT2D eigenvalue weighted by Crippen LogP contribution is 2.20. The first-order valence-electron chi connectivity index (χ1n) is 8.96. The van der Waals surface area contributed by atoms with Gasteiger partial charge >= 0.3 is 0 Å². The van der Waals surface area contributed by atoms with Gasteiger partial charge in [-0.05, 0) is 30.2 Å². The van der Waals surface area contributed by atoms with E-state index in [-0.39, 0.29) is 5.91 Å². The van der Waals surface area contributed by atoms with Crippen LogP contribution in [-0.2, 0) is 11.2 Å². The molecule has 6 heteroatoms. The first-order valence-corrected chi connectivity index (χ1v) is 9.95. The smallest absolute Gasteiger partial charge is 0.224 e. The molecule has 0 fully saturated rings. The van der Waals surface area contributed by atoms with Gasteiger partial charge < -0.3 is 15.0 Å². The average Bonchev–Trinajstić information content (AvgIpc) is 3.17. The summed E-state index contributed by atoms with van der Waals surface area (Å²) in [6.07, 6.45) is 2.21. The zero-order chi connectivity index (χ0) is 18.9. The van der Waals surface area contributed by atoms with Crippen molar-refractivity contribution in [2.45, 2.75) is 18.5 Å². The lowest BCUT2D eigenvalue weighted by Gasteiger charge is -2.06. The monoisotopic (exact) mass is 381 g/mol. The summed E-state index contributed by atoms with van der Waals surface area (Å²) < 4.78 is 5.41. The van der Waals surface area contributed by atoms with Crippen LogP contribution in [0.25, 0.3) is 11.3 Å². The number of carbonyl (C=O) groups excluding carboxylic acids is 1. The molecule has 0 unspecified atom stereocenters. The van der Waals surface area contributed by atoms with Gasteiger partial charge in [0.15, 0.2) is 5.16 Å². The Kier molecular flexibility index (Phi) is 6.93. The quantitative estimate of drug-likeness (QED) is 0.435. The van der Waals surface area contributed by atoms with Crippen LogP contribution in [-0.4, -0.2) is 34.8 Å². The molecule has 0 saturated carbocycles. The molecule has 0 spiro atoms. The minimum absolute atomic E-state index is 0.0178. The second-order valence-electron chi connectivity index (χ2n) is 5.92. The van der Waals surface area contributed by atoms with Crippen molar-refractivity contribution in [2.75, 3.05) is 18.9 Å². The Hall–Kier alpha value is -2.73. The van der Waals surface area contributed by atoms with Crippen LogP contribution in [0.5, 0.6) is 5.75 Å². The average molecular weight is 382 g/mol. The number of nitrogens with zero attached hydrogens (tertiary/aromatic N) is 1. The number of aromatic amines is 1. The lowest BCUT2D eigenvalue weighted by Crippen LogP contribution is -2.27. The van der Waals surface area contributed by atoms with Crippen molar-refractivity contribution < 1.29 is 9.53 Å². The molecule has 0 bridgehead atoms. The van der Waals surface area contributed by atoms with Gasteiger partial charge in [0.25, 0.3) is 0 Å². The molecule has 0 aliphatic carbocycles. The summed E-state index contributed by atoms with van der Waals surface area (Å²) in [5, 5.41) is 3.80. The number of hydrogen-bond acceptors (Lipinski definition) is 4. The maximum Gasteiger partial charge on any atom is 0.224 e. The van der Waals surface area contributed by atoms with E-state index in [9.17, 15) is 4.79 Å². The number of aromatic nitrogens is 2. The number of imidazole rings is 1. The molecule has 3 rings (SSSR count). The third-order valence-electron chi connectivity index (χ3n) is 3.90. The van der Waals surface area contributed by atoms with Crippen LogP contribution in [0.15, 0.2) is 66.0 Å². The van der Waals surface area contributed by atoms with Crippen molar-refractivity contribution >= 4 is 17.7 Å². The van der Waals surface area contributed by atoms with E-state index in [1.165, 1.54) is 0 Å². The molecule has 5 nitrogen and oxygen atoms in total. The number of hydrogen-bond donors (Lipinski definition) is 2. The number of thioether (sulfide) groups is 1. The van der Waals surface area contributed by atoms with Crippen molar-refractivity contribution in [2.24, 2.45) is 0 Å². The molecular weight excluding hydrogens is 358 g/mol. The van der Waals surface area contributed by atoms with Gasteiger partial charge in [0.05, 0.1) is 24.9 Å². The number of nitrogens with one attached hydrogen (secondary N) is 2. The Bertz CT molecular complexity index is 847. The molecule has 1 amide bonds. The van der Waals surface area contributed by atoms with E-state index >= 15 is 0 Å². The predicted molar refractivity (Wildman–Crippen MR) is 109 cm³/mol.